The second-order valence-corrected chi connectivity index (χ2v) is 5.59. The van der Waals surface area contributed by atoms with Crippen LogP contribution in [0.1, 0.15) is 21.5 Å². The lowest BCUT2D eigenvalue weighted by molar-refractivity contribution is -0.115. The molecule has 2 aromatic carbocycles. The maximum absolute atomic E-state index is 12.0. The lowest BCUT2D eigenvalue weighted by Crippen LogP contribution is -2.25. The zero-order valence-corrected chi connectivity index (χ0v) is 13.9. The van der Waals surface area contributed by atoms with Crippen LogP contribution in [-0.2, 0) is 16.1 Å². The van der Waals surface area contributed by atoms with E-state index in [4.69, 9.17) is 14.2 Å². The number of fused-ring (bicyclic) bond motifs is 1. The normalized spacial score (nSPS) is 12.7. The van der Waals surface area contributed by atoms with Crippen LogP contribution in [0.2, 0.25) is 0 Å². The van der Waals surface area contributed by atoms with E-state index >= 15 is 0 Å². The number of anilines is 1. The van der Waals surface area contributed by atoms with Gasteiger partial charge in [0.05, 0.1) is 18.4 Å². The Morgan fingerprint density at radius 3 is 2.64 bits per heavy atom. The first-order valence-electron chi connectivity index (χ1n) is 7.60. The van der Waals surface area contributed by atoms with Crippen LogP contribution in [0.5, 0.6) is 11.5 Å². The largest absolute Gasteiger partial charge is 0.489 e. The summed E-state index contributed by atoms with van der Waals surface area (Å²) in [6.45, 7) is 5.86. The van der Waals surface area contributed by atoms with Gasteiger partial charge in [-0.1, -0.05) is 36.4 Å². The molecule has 3 rings (SSSR count). The quantitative estimate of drug-likeness (QED) is 0.684. The van der Waals surface area contributed by atoms with Crippen molar-refractivity contribution in [3.05, 3.63) is 65.4 Å². The van der Waals surface area contributed by atoms with Crippen LogP contribution in [0, 0.1) is 6.92 Å². The van der Waals surface area contributed by atoms with Crippen molar-refractivity contribution < 1.29 is 23.8 Å². The van der Waals surface area contributed by atoms with Gasteiger partial charge in [-0.15, -0.1) is 0 Å². The van der Waals surface area contributed by atoms with E-state index in [0.717, 1.165) is 11.1 Å². The van der Waals surface area contributed by atoms with Crippen LogP contribution in [0.3, 0.4) is 0 Å². The molecule has 0 atom stereocenters. The third-order valence-corrected chi connectivity index (χ3v) is 3.73. The van der Waals surface area contributed by atoms with E-state index < -0.39 is 11.9 Å². The van der Waals surface area contributed by atoms with E-state index in [1.165, 1.54) is 13.2 Å². The first-order chi connectivity index (χ1) is 12.0. The smallest absolute Gasteiger partial charge is 0.340 e. The van der Waals surface area contributed by atoms with Gasteiger partial charge in [0.25, 0.3) is 5.91 Å². The predicted molar refractivity (Wildman–Crippen MR) is 91.7 cm³/mol. The Morgan fingerprint density at radius 2 is 1.96 bits per heavy atom. The number of amides is 1. The summed E-state index contributed by atoms with van der Waals surface area (Å²) in [7, 11) is 1.26. The third-order valence-electron chi connectivity index (χ3n) is 3.73. The zero-order chi connectivity index (χ0) is 18.0. The van der Waals surface area contributed by atoms with Gasteiger partial charge in [0, 0.05) is 6.07 Å². The van der Waals surface area contributed by atoms with Crippen molar-refractivity contribution in [2.45, 2.75) is 13.5 Å². The number of nitrogens with one attached hydrogen (secondary N) is 1. The van der Waals surface area contributed by atoms with E-state index in [2.05, 4.69) is 11.9 Å². The van der Waals surface area contributed by atoms with Gasteiger partial charge in [0.15, 0.2) is 11.5 Å². The highest BCUT2D eigenvalue weighted by Crippen LogP contribution is 2.38. The first-order valence-corrected chi connectivity index (χ1v) is 7.60. The van der Waals surface area contributed by atoms with E-state index in [1.807, 2.05) is 31.2 Å². The molecule has 6 nitrogen and oxygen atoms in total. The second-order valence-electron chi connectivity index (χ2n) is 5.59. The molecule has 0 spiro atoms. The fraction of sp³-hybridized carbons (Fsp3) is 0.158. The molecule has 6 heteroatoms. The van der Waals surface area contributed by atoms with Gasteiger partial charge in [-0.25, -0.2) is 4.79 Å². The number of carbonyl (C=O) groups is 2. The maximum Gasteiger partial charge on any atom is 0.340 e. The average molecular weight is 339 g/mol. The number of esters is 1. The second kappa shape index (κ2) is 6.68. The van der Waals surface area contributed by atoms with Gasteiger partial charge in [-0.3, -0.25) is 4.79 Å². The summed E-state index contributed by atoms with van der Waals surface area (Å²) in [5.74, 6) is -0.464. The summed E-state index contributed by atoms with van der Waals surface area (Å²) in [4.78, 5) is 23.8. The van der Waals surface area contributed by atoms with Crippen molar-refractivity contribution in [2.24, 2.45) is 0 Å². The molecule has 1 heterocycles. The van der Waals surface area contributed by atoms with Gasteiger partial charge in [0.1, 0.15) is 12.4 Å². The van der Waals surface area contributed by atoms with E-state index in [9.17, 15) is 9.59 Å². The monoisotopic (exact) mass is 339 g/mol. The molecule has 1 aliphatic rings. The Kier molecular flexibility index (Phi) is 4.43. The van der Waals surface area contributed by atoms with Crippen molar-refractivity contribution >= 4 is 17.6 Å². The standard InChI is InChI=1S/C19H17NO5/c1-11-4-6-13(7-5-11)10-24-14-8-15(19(22)23-3)17-16(9-14)25-12(2)18(21)20-17/h4-9H,2,10H2,1,3H3,(H,20,21). The summed E-state index contributed by atoms with van der Waals surface area (Å²) in [5.41, 5.74) is 2.54. The zero-order valence-electron chi connectivity index (χ0n) is 13.9. The third kappa shape index (κ3) is 3.47. The van der Waals surface area contributed by atoms with Crippen LogP contribution in [0.25, 0.3) is 0 Å². The molecule has 128 valence electrons. The topological polar surface area (TPSA) is 73.9 Å². The van der Waals surface area contributed by atoms with Crippen LogP contribution >= 0.6 is 0 Å². The Morgan fingerprint density at radius 1 is 1.24 bits per heavy atom. The Bertz CT molecular complexity index is 855. The van der Waals surface area contributed by atoms with Gasteiger partial charge in [-0.05, 0) is 18.6 Å². The molecule has 2 aromatic rings. The minimum Gasteiger partial charge on any atom is -0.489 e. The molecule has 0 aromatic heterocycles. The van der Waals surface area contributed by atoms with Crippen LogP contribution < -0.4 is 14.8 Å². The number of rotatable bonds is 4. The molecule has 1 aliphatic heterocycles. The molecule has 0 saturated heterocycles. The van der Waals surface area contributed by atoms with Crippen molar-refractivity contribution in [3.63, 3.8) is 0 Å². The Balaban J connectivity index is 1.90. The van der Waals surface area contributed by atoms with Crippen molar-refractivity contribution in [2.75, 3.05) is 12.4 Å². The summed E-state index contributed by atoms with van der Waals surface area (Å²) in [5, 5.41) is 2.58. The number of ether oxygens (including phenoxy) is 3. The fourth-order valence-electron chi connectivity index (χ4n) is 2.37. The molecule has 0 bridgehead atoms. The summed E-state index contributed by atoms with van der Waals surface area (Å²) in [6.07, 6.45) is 0. The molecule has 0 aliphatic carbocycles. The summed E-state index contributed by atoms with van der Waals surface area (Å²) in [6, 6.07) is 11.0. The van der Waals surface area contributed by atoms with Gasteiger partial charge in [0.2, 0.25) is 0 Å². The molecule has 0 saturated carbocycles. The lowest BCUT2D eigenvalue weighted by Gasteiger charge is -2.22. The van der Waals surface area contributed by atoms with Crippen molar-refractivity contribution in [1.82, 2.24) is 0 Å². The van der Waals surface area contributed by atoms with Crippen LogP contribution in [0.4, 0.5) is 5.69 Å². The minimum absolute atomic E-state index is 0.0565. The van der Waals surface area contributed by atoms with Gasteiger partial charge >= 0.3 is 5.97 Å². The number of carbonyl (C=O) groups excluding carboxylic acids is 2. The van der Waals surface area contributed by atoms with Gasteiger partial charge in [-0.2, -0.15) is 0 Å². The highest BCUT2D eigenvalue weighted by molar-refractivity contribution is 6.10. The Labute approximate surface area is 145 Å². The predicted octanol–water partition coefficient (Wildman–Crippen LogP) is 3.21. The van der Waals surface area contributed by atoms with Crippen molar-refractivity contribution in [1.29, 1.82) is 0 Å². The van der Waals surface area contributed by atoms with Crippen molar-refractivity contribution in [3.8, 4) is 11.5 Å². The molecule has 25 heavy (non-hydrogen) atoms. The van der Waals surface area contributed by atoms with E-state index in [1.54, 1.807) is 6.07 Å². The number of aryl methyl sites for hydroxylation is 1. The van der Waals surface area contributed by atoms with E-state index in [0.29, 0.717) is 12.4 Å². The molecular weight excluding hydrogens is 322 g/mol. The molecule has 0 unspecified atom stereocenters. The average Bonchev–Trinajstić information content (AvgIpc) is 2.61. The number of methoxy groups -OCH3 is 1. The van der Waals surface area contributed by atoms with Crippen LogP contribution in [-0.4, -0.2) is 19.0 Å². The maximum atomic E-state index is 12.0. The highest BCUT2D eigenvalue weighted by Gasteiger charge is 2.27. The Hall–Kier alpha value is -3.28. The summed E-state index contributed by atoms with van der Waals surface area (Å²) < 4.78 is 15.9. The molecule has 0 radical (unpaired) electrons. The molecule has 1 N–H and O–H groups in total. The molecule has 0 fully saturated rings. The lowest BCUT2D eigenvalue weighted by atomic mass is 10.1. The van der Waals surface area contributed by atoms with Crippen LogP contribution in [0.15, 0.2) is 48.7 Å². The minimum atomic E-state index is -0.603. The fourth-order valence-corrected chi connectivity index (χ4v) is 2.37. The highest BCUT2D eigenvalue weighted by atomic mass is 16.5. The van der Waals surface area contributed by atoms with E-state index in [-0.39, 0.29) is 22.8 Å². The number of hydrogen-bond donors (Lipinski definition) is 1. The molecular formula is C19H17NO5. The number of benzene rings is 2. The number of hydrogen-bond acceptors (Lipinski definition) is 5. The van der Waals surface area contributed by atoms with Gasteiger partial charge < -0.3 is 19.5 Å². The SMILES string of the molecule is C=C1Oc2cc(OCc3ccc(C)cc3)cc(C(=O)OC)c2NC1=O. The first kappa shape index (κ1) is 16.6. The molecule has 1 amide bonds. The summed E-state index contributed by atoms with van der Waals surface area (Å²) >= 11 is 0.